The van der Waals surface area contributed by atoms with E-state index in [0.717, 1.165) is 56.2 Å². The Hall–Kier alpha value is -1.66. The van der Waals surface area contributed by atoms with Crippen LogP contribution < -0.4 is 9.62 Å². The molecule has 5 rings (SSSR count). The molecule has 0 saturated heterocycles. The number of nitrogens with one attached hydrogen (secondary N) is 1. The summed E-state index contributed by atoms with van der Waals surface area (Å²) in [5.74, 6) is 1.27. The second-order valence-electron chi connectivity index (χ2n) is 8.52. The van der Waals surface area contributed by atoms with Crippen molar-refractivity contribution in [2.24, 2.45) is 17.8 Å². The van der Waals surface area contributed by atoms with Crippen molar-refractivity contribution in [3.05, 3.63) is 35.9 Å². The smallest absolute Gasteiger partial charge is 0.240 e. The van der Waals surface area contributed by atoms with Gasteiger partial charge in [-0.05, 0) is 67.7 Å². The van der Waals surface area contributed by atoms with Gasteiger partial charge in [-0.2, -0.15) is 0 Å². The van der Waals surface area contributed by atoms with Gasteiger partial charge < -0.3 is 4.90 Å². The van der Waals surface area contributed by atoms with E-state index in [1.54, 1.807) is 12.1 Å². The van der Waals surface area contributed by atoms with Crippen molar-refractivity contribution in [2.75, 3.05) is 11.4 Å². The zero-order valence-electron chi connectivity index (χ0n) is 15.4. The minimum absolute atomic E-state index is 0.0622. The standard InChI is InChI=1S/C21H26N2O3S/c24-21(19-12-14-5-6-15(19)11-14)23-10-9-16-13-18(7-8-20(16)23)27(25,26)22-17-3-1-2-4-17/h5-8,13-15,17,19,22H,1-4,9-12H2. The number of hydrogen-bond donors (Lipinski definition) is 1. The van der Waals surface area contributed by atoms with Crippen molar-refractivity contribution in [1.29, 1.82) is 0 Å². The molecule has 1 aromatic rings. The first-order valence-electron chi connectivity index (χ1n) is 10.2. The minimum Gasteiger partial charge on any atom is -0.312 e. The van der Waals surface area contributed by atoms with Gasteiger partial charge in [0.05, 0.1) is 4.90 Å². The third-order valence-electron chi connectivity index (χ3n) is 6.80. The van der Waals surface area contributed by atoms with Gasteiger partial charge in [-0.15, -0.1) is 0 Å². The number of carbonyl (C=O) groups excluding carboxylic acids is 1. The van der Waals surface area contributed by atoms with Crippen molar-refractivity contribution in [1.82, 2.24) is 4.72 Å². The largest absolute Gasteiger partial charge is 0.312 e. The number of amides is 1. The molecule has 3 unspecified atom stereocenters. The molecule has 2 fully saturated rings. The molecule has 3 aliphatic carbocycles. The molecule has 1 heterocycles. The molecule has 5 nitrogen and oxygen atoms in total. The van der Waals surface area contributed by atoms with Gasteiger partial charge in [0.1, 0.15) is 0 Å². The molecule has 1 N–H and O–H groups in total. The number of benzene rings is 1. The number of fused-ring (bicyclic) bond motifs is 3. The molecule has 2 saturated carbocycles. The summed E-state index contributed by atoms with van der Waals surface area (Å²) in [6.07, 6.45) is 11.3. The second-order valence-corrected chi connectivity index (χ2v) is 10.2. The van der Waals surface area contributed by atoms with Gasteiger partial charge in [0.2, 0.25) is 15.9 Å². The van der Waals surface area contributed by atoms with Crippen LogP contribution >= 0.6 is 0 Å². The maximum absolute atomic E-state index is 13.1. The summed E-state index contributed by atoms with van der Waals surface area (Å²) in [4.78, 5) is 15.3. The minimum atomic E-state index is -3.49. The van der Waals surface area contributed by atoms with Gasteiger partial charge >= 0.3 is 0 Å². The number of rotatable bonds is 4. The highest BCUT2D eigenvalue weighted by molar-refractivity contribution is 7.89. The van der Waals surface area contributed by atoms with E-state index in [0.29, 0.717) is 23.3 Å². The predicted molar refractivity (Wildman–Crippen MR) is 104 cm³/mol. The van der Waals surface area contributed by atoms with E-state index in [2.05, 4.69) is 16.9 Å². The van der Waals surface area contributed by atoms with Crippen molar-refractivity contribution < 1.29 is 13.2 Å². The summed E-state index contributed by atoms with van der Waals surface area (Å²) in [6.45, 7) is 0.658. The van der Waals surface area contributed by atoms with E-state index >= 15 is 0 Å². The summed E-state index contributed by atoms with van der Waals surface area (Å²) in [7, 11) is -3.49. The summed E-state index contributed by atoms with van der Waals surface area (Å²) in [6, 6.07) is 5.31. The quantitative estimate of drug-likeness (QED) is 0.809. The van der Waals surface area contributed by atoms with E-state index in [9.17, 15) is 13.2 Å². The fourth-order valence-electron chi connectivity index (χ4n) is 5.37. The first-order chi connectivity index (χ1) is 13.0. The average Bonchev–Trinajstić information content (AvgIpc) is 3.43. The first kappa shape index (κ1) is 17.4. The van der Waals surface area contributed by atoms with E-state index in [1.807, 2.05) is 11.0 Å². The van der Waals surface area contributed by atoms with Crippen molar-refractivity contribution >= 4 is 21.6 Å². The maximum Gasteiger partial charge on any atom is 0.240 e. The Morgan fingerprint density at radius 1 is 1.11 bits per heavy atom. The normalized spacial score (nSPS) is 29.6. The van der Waals surface area contributed by atoms with Crippen molar-refractivity contribution in [3.63, 3.8) is 0 Å². The summed E-state index contributed by atoms with van der Waals surface area (Å²) in [5, 5.41) is 0. The van der Waals surface area contributed by atoms with E-state index in [1.165, 1.54) is 0 Å². The summed E-state index contributed by atoms with van der Waals surface area (Å²) in [5.41, 5.74) is 1.86. The molecule has 1 aromatic carbocycles. The van der Waals surface area contributed by atoms with Crippen LogP contribution in [0.5, 0.6) is 0 Å². The molecule has 0 radical (unpaired) electrons. The number of sulfonamides is 1. The molecule has 1 aliphatic heterocycles. The van der Waals surface area contributed by atoms with Crippen molar-refractivity contribution in [2.45, 2.75) is 55.9 Å². The lowest BCUT2D eigenvalue weighted by atomic mass is 9.92. The van der Waals surface area contributed by atoms with E-state index in [4.69, 9.17) is 0 Å². The van der Waals surface area contributed by atoms with Gasteiger partial charge in [0.25, 0.3) is 0 Å². The Bertz CT molecular complexity index is 902. The predicted octanol–water partition coefficient (Wildman–Crippen LogP) is 3.01. The highest BCUT2D eigenvalue weighted by Gasteiger charge is 2.42. The van der Waals surface area contributed by atoms with Gasteiger partial charge in [-0.3, -0.25) is 4.79 Å². The number of nitrogens with zero attached hydrogens (tertiary/aromatic N) is 1. The van der Waals surface area contributed by atoms with Gasteiger partial charge in [-0.25, -0.2) is 13.1 Å². The molecule has 27 heavy (non-hydrogen) atoms. The van der Waals surface area contributed by atoms with E-state index < -0.39 is 10.0 Å². The summed E-state index contributed by atoms with van der Waals surface area (Å²) < 4.78 is 28.2. The van der Waals surface area contributed by atoms with Gasteiger partial charge in [0, 0.05) is 24.2 Å². The Balaban J connectivity index is 1.36. The van der Waals surface area contributed by atoms with E-state index in [-0.39, 0.29) is 17.9 Å². The van der Waals surface area contributed by atoms with Crippen molar-refractivity contribution in [3.8, 4) is 0 Å². The topological polar surface area (TPSA) is 66.5 Å². The zero-order chi connectivity index (χ0) is 18.6. The van der Waals surface area contributed by atoms with Crippen LogP contribution in [0.1, 0.15) is 44.1 Å². The SMILES string of the molecule is O=C(C1CC2C=CC1C2)N1CCc2cc(S(=O)(=O)NC3CCCC3)ccc21. The molecule has 0 spiro atoms. The maximum atomic E-state index is 13.1. The average molecular weight is 387 g/mol. The Morgan fingerprint density at radius 3 is 2.63 bits per heavy atom. The fraction of sp³-hybridized carbons (Fsp3) is 0.571. The number of hydrogen-bond acceptors (Lipinski definition) is 3. The van der Waals surface area contributed by atoms with Crippen LogP contribution in [-0.2, 0) is 21.2 Å². The fourth-order valence-corrected chi connectivity index (χ4v) is 6.73. The lowest BCUT2D eigenvalue weighted by Crippen LogP contribution is -2.36. The zero-order valence-corrected chi connectivity index (χ0v) is 16.2. The van der Waals surface area contributed by atoms with Crippen LogP contribution in [-0.4, -0.2) is 26.9 Å². The van der Waals surface area contributed by atoms with Crippen LogP contribution in [0.4, 0.5) is 5.69 Å². The molecular formula is C21H26N2O3S. The molecule has 1 amide bonds. The molecular weight excluding hydrogens is 360 g/mol. The number of carbonyl (C=O) groups is 1. The first-order valence-corrected chi connectivity index (χ1v) is 11.6. The van der Waals surface area contributed by atoms with Crippen LogP contribution in [0, 0.1) is 17.8 Å². The molecule has 3 atom stereocenters. The molecule has 144 valence electrons. The molecule has 2 bridgehead atoms. The van der Waals surface area contributed by atoms with Gasteiger partial charge in [0.15, 0.2) is 0 Å². The van der Waals surface area contributed by atoms with Crippen LogP contribution in [0.15, 0.2) is 35.2 Å². The molecule has 6 heteroatoms. The Morgan fingerprint density at radius 2 is 1.93 bits per heavy atom. The number of anilines is 1. The van der Waals surface area contributed by atoms with Crippen LogP contribution in [0.2, 0.25) is 0 Å². The Kier molecular flexibility index (Phi) is 4.17. The highest BCUT2D eigenvalue weighted by Crippen LogP contribution is 2.45. The Labute approximate surface area is 160 Å². The van der Waals surface area contributed by atoms with Crippen LogP contribution in [0.25, 0.3) is 0 Å². The molecule has 0 aromatic heterocycles. The van der Waals surface area contributed by atoms with Gasteiger partial charge in [-0.1, -0.05) is 25.0 Å². The molecule has 4 aliphatic rings. The third kappa shape index (κ3) is 3.03. The monoisotopic (exact) mass is 386 g/mol. The lowest BCUT2D eigenvalue weighted by molar-refractivity contribution is -0.123. The highest BCUT2D eigenvalue weighted by atomic mass is 32.2. The third-order valence-corrected chi connectivity index (χ3v) is 8.31. The second kappa shape index (κ2) is 6.45. The van der Waals surface area contributed by atoms with Crippen LogP contribution in [0.3, 0.4) is 0 Å². The lowest BCUT2D eigenvalue weighted by Gasteiger charge is -2.25. The summed E-state index contributed by atoms with van der Waals surface area (Å²) >= 11 is 0. The number of allylic oxidation sites excluding steroid dienone is 2.